The van der Waals surface area contributed by atoms with Gasteiger partial charge in [-0.3, -0.25) is 10.1 Å². The molecule has 94 valence electrons. The smallest absolute Gasteiger partial charge is 0.278 e. The van der Waals surface area contributed by atoms with Crippen LogP contribution in [0.4, 0.5) is 5.69 Å². The van der Waals surface area contributed by atoms with E-state index in [0.717, 1.165) is 18.4 Å². The second kappa shape index (κ2) is 5.27. The van der Waals surface area contributed by atoms with Gasteiger partial charge in [0, 0.05) is 12.5 Å². The van der Waals surface area contributed by atoms with Crippen LogP contribution >= 0.6 is 0 Å². The Morgan fingerprint density at radius 1 is 1.29 bits per heavy atom. The summed E-state index contributed by atoms with van der Waals surface area (Å²) in [5.41, 5.74) is 1.07. The standard InChI is InChI=1S/C13H21N2O2/c1-5-8-13(15(2,3)4)11-9-6-7-10-12(11)14(16)17/h6-7,9-10,13H,5,8H2,1-4H3/q+1. The molecule has 0 spiro atoms. The van der Waals surface area contributed by atoms with Crippen LogP contribution < -0.4 is 0 Å². The van der Waals surface area contributed by atoms with E-state index in [1.807, 2.05) is 12.1 Å². The first kappa shape index (κ1) is 13.6. The Balaban J connectivity index is 3.23. The molecule has 0 aliphatic carbocycles. The van der Waals surface area contributed by atoms with Gasteiger partial charge in [0.1, 0.15) is 6.04 Å². The van der Waals surface area contributed by atoms with Crippen LogP contribution in [0.5, 0.6) is 0 Å². The highest BCUT2D eigenvalue weighted by Crippen LogP contribution is 2.33. The van der Waals surface area contributed by atoms with Crippen molar-refractivity contribution in [2.24, 2.45) is 0 Å². The molecule has 0 aromatic heterocycles. The number of rotatable bonds is 5. The van der Waals surface area contributed by atoms with Gasteiger partial charge in [-0.1, -0.05) is 25.5 Å². The maximum absolute atomic E-state index is 11.1. The molecule has 1 aromatic rings. The summed E-state index contributed by atoms with van der Waals surface area (Å²) in [6.45, 7) is 2.11. The molecule has 4 nitrogen and oxygen atoms in total. The van der Waals surface area contributed by atoms with Gasteiger partial charge in [0.15, 0.2) is 0 Å². The Hall–Kier alpha value is -1.42. The Bertz CT molecular complexity index is 397. The summed E-state index contributed by atoms with van der Waals surface area (Å²) >= 11 is 0. The van der Waals surface area contributed by atoms with Gasteiger partial charge in [-0.2, -0.15) is 0 Å². The van der Waals surface area contributed by atoms with Crippen LogP contribution in [0, 0.1) is 10.1 Å². The fourth-order valence-electron chi connectivity index (χ4n) is 2.17. The molecule has 17 heavy (non-hydrogen) atoms. The molecule has 4 heteroatoms. The Kier molecular flexibility index (Phi) is 4.23. The Morgan fingerprint density at radius 3 is 2.35 bits per heavy atom. The lowest BCUT2D eigenvalue weighted by atomic mass is 9.98. The minimum absolute atomic E-state index is 0.168. The summed E-state index contributed by atoms with van der Waals surface area (Å²) in [5, 5.41) is 11.1. The second-order valence-corrected chi connectivity index (χ2v) is 5.24. The largest absolute Gasteiger partial charge is 0.325 e. The third kappa shape index (κ3) is 3.27. The molecule has 0 N–H and O–H groups in total. The van der Waals surface area contributed by atoms with Gasteiger partial charge >= 0.3 is 0 Å². The lowest BCUT2D eigenvalue weighted by Gasteiger charge is -2.34. The molecule has 0 bridgehead atoms. The van der Waals surface area contributed by atoms with E-state index in [9.17, 15) is 10.1 Å². The van der Waals surface area contributed by atoms with Crippen LogP contribution in [0.2, 0.25) is 0 Å². The van der Waals surface area contributed by atoms with Crippen LogP contribution in [0.3, 0.4) is 0 Å². The summed E-state index contributed by atoms with van der Waals surface area (Å²) in [7, 11) is 6.24. The summed E-state index contributed by atoms with van der Waals surface area (Å²) in [5.74, 6) is 0. The number of hydrogen-bond acceptors (Lipinski definition) is 2. The van der Waals surface area contributed by atoms with E-state index < -0.39 is 0 Å². The number of para-hydroxylation sites is 1. The minimum atomic E-state index is -0.284. The van der Waals surface area contributed by atoms with Gasteiger partial charge in [0.2, 0.25) is 0 Å². The van der Waals surface area contributed by atoms with Gasteiger partial charge in [-0.05, 0) is 6.07 Å². The second-order valence-electron chi connectivity index (χ2n) is 5.24. The fraction of sp³-hybridized carbons (Fsp3) is 0.538. The summed E-state index contributed by atoms with van der Waals surface area (Å²) < 4.78 is 0.707. The monoisotopic (exact) mass is 237 g/mol. The number of nitrogens with zero attached hydrogens (tertiary/aromatic N) is 2. The molecule has 0 heterocycles. The van der Waals surface area contributed by atoms with E-state index in [0.29, 0.717) is 4.48 Å². The third-order valence-electron chi connectivity index (χ3n) is 2.99. The minimum Gasteiger partial charge on any atom is -0.325 e. The fourth-order valence-corrected chi connectivity index (χ4v) is 2.17. The first-order valence-corrected chi connectivity index (χ1v) is 5.92. The van der Waals surface area contributed by atoms with Crippen LogP contribution in [-0.4, -0.2) is 30.5 Å². The average molecular weight is 237 g/mol. The van der Waals surface area contributed by atoms with Crippen molar-refractivity contribution in [1.82, 2.24) is 0 Å². The van der Waals surface area contributed by atoms with Crippen molar-refractivity contribution < 1.29 is 9.41 Å². The molecule has 0 saturated heterocycles. The quantitative estimate of drug-likeness (QED) is 0.448. The van der Waals surface area contributed by atoms with Gasteiger partial charge < -0.3 is 4.48 Å². The molecule has 0 aliphatic heterocycles. The topological polar surface area (TPSA) is 43.1 Å². The summed E-state index contributed by atoms with van der Waals surface area (Å²) in [6.07, 6.45) is 1.97. The zero-order valence-corrected chi connectivity index (χ0v) is 11.0. The zero-order valence-electron chi connectivity index (χ0n) is 11.0. The molecule has 0 saturated carbocycles. The zero-order chi connectivity index (χ0) is 13.1. The normalized spacial score (nSPS) is 13.4. The van der Waals surface area contributed by atoms with Crippen molar-refractivity contribution in [2.75, 3.05) is 21.1 Å². The third-order valence-corrected chi connectivity index (χ3v) is 2.99. The number of quaternary nitrogens is 1. The summed E-state index contributed by atoms with van der Waals surface area (Å²) in [6, 6.07) is 7.23. The van der Waals surface area contributed by atoms with Crippen molar-refractivity contribution in [3.05, 3.63) is 39.9 Å². The first-order valence-electron chi connectivity index (χ1n) is 5.92. The maximum atomic E-state index is 11.1. The molecule has 1 unspecified atom stereocenters. The summed E-state index contributed by atoms with van der Waals surface area (Å²) in [4.78, 5) is 10.8. The predicted molar refractivity (Wildman–Crippen MR) is 68.8 cm³/mol. The van der Waals surface area contributed by atoms with E-state index >= 15 is 0 Å². The van der Waals surface area contributed by atoms with Gasteiger partial charge in [-0.25, -0.2) is 0 Å². The van der Waals surface area contributed by atoms with Gasteiger partial charge in [0.25, 0.3) is 5.69 Å². The number of benzene rings is 1. The van der Waals surface area contributed by atoms with Gasteiger partial charge in [0.05, 0.1) is 31.6 Å². The molecule has 1 atom stereocenters. The van der Waals surface area contributed by atoms with Crippen LogP contribution in [0.1, 0.15) is 31.4 Å². The number of nitro groups is 1. The first-order chi connectivity index (χ1) is 7.88. The van der Waals surface area contributed by atoms with Crippen molar-refractivity contribution in [3.8, 4) is 0 Å². The van der Waals surface area contributed by atoms with Crippen LogP contribution in [-0.2, 0) is 0 Å². The molecule has 0 amide bonds. The number of hydrogen-bond donors (Lipinski definition) is 0. The Labute approximate surface area is 103 Å². The Morgan fingerprint density at radius 2 is 1.88 bits per heavy atom. The van der Waals surface area contributed by atoms with E-state index in [-0.39, 0.29) is 16.7 Å². The highest BCUT2D eigenvalue weighted by Gasteiger charge is 2.30. The van der Waals surface area contributed by atoms with E-state index in [2.05, 4.69) is 28.1 Å². The van der Waals surface area contributed by atoms with Crippen molar-refractivity contribution in [2.45, 2.75) is 25.8 Å². The van der Waals surface area contributed by atoms with E-state index in [1.54, 1.807) is 12.1 Å². The molecule has 0 radical (unpaired) electrons. The lowest BCUT2D eigenvalue weighted by Crippen LogP contribution is -2.39. The molecule has 1 aromatic carbocycles. The average Bonchev–Trinajstić information content (AvgIpc) is 2.24. The van der Waals surface area contributed by atoms with Crippen LogP contribution in [0.25, 0.3) is 0 Å². The predicted octanol–water partition coefficient (Wildman–Crippen LogP) is 3.14. The molecule has 1 rings (SSSR count). The molecule has 0 aliphatic rings. The van der Waals surface area contributed by atoms with Crippen molar-refractivity contribution in [3.63, 3.8) is 0 Å². The van der Waals surface area contributed by atoms with E-state index in [1.165, 1.54) is 0 Å². The van der Waals surface area contributed by atoms with Gasteiger partial charge in [-0.15, -0.1) is 0 Å². The lowest BCUT2D eigenvalue weighted by molar-refractivity contribution is -0.902. The number of nitro benzene ring substituents is 1. The molecular weight excluding hydrogens is 216 g/mol. The highest BCUT2D eigenvalue weighted by molar-refractivity contribution is 5.41. The molecule has 0 fully saturated rings. The highest BCUT2D eigenvalue weighted by atomic mass is 16.6. The van der Waals surface area contributed by atoms with Crippen molar-refractivity contribution in [1.29, 1.82) is 0 Å². The maximum Gasteiger partial charge on any atom is 0.278 e. The van der Waals surface area contributed by atoms with E-state index in [4.69, 9.17) is 0 Å². The SMILES string of the molecule is CCCC(c1ccccc1[N+](=O)[O-])[N+](C)(C)C. The molecular formula is C13H21N2O2+. The van der Waals surface area contributed by atoms with Crippen LogP contribution in [0.15, 0.2) is 24.3 Å². The van der Waals surface area contributed by atoms with Crippen molar-refractivity contribution >= 4 is 5.69 Å².